The van der Waals surface area contributed by atoms with Crippen LogP contribution in [0.15, 0.2) is 23.1 Å². The number of amides is 1. The highest BCUT2D eigenvalue weighted by Crippen LogP contribution is 2.45. The summed E-state index contributed by atoms with van der Waals surface area (Å²) in [6, 6.07) is 4.20. The maximum Gasteiger partial charge on any atom is 0.288 e. The molecule has 2 heterocycles. The molecular formula is C17H22F2N2O3S. The van der Waals surface area contributed by atoms with Crippen molar-refractivity contribution in [3.05, 3.63) is 23.8 Å². The number of nitrogens with zero attached hydrogens (tertiary/aromatic N) is 2. The maximum absolute atomic E-state index is 12.7. The van der Waals surface area contributed by atoms with Gasteiger partial charge in [-0.2, -0.15) is 8.78 Å². The third-order valence-corrected chi connectivity index (χ3v) is 5.40. The highest BCUT2D eigenvalue weighted by Gasteiger charge is 2.47. The van der Waals surface area contributed by atoms with Crippen LogP contribution >= 0.6 is 11.8 Å². The molecule has 1 saturated heterocycles. The second-order valence-electron chi connectivity index (χ2n) is 7.00. The van der Waals surface area contributed by atoms with Gasteiger partial charge in [0.1, 0.15) is 17.5 Å². The van der Waals surface area contributed by atoms with E-state index in [4.69, 9.17) is 4.74 Å². The van der Waals surface area contributed by atoms with Gasteiger partial charge in [0.05, 0.1) is 12.6 Å². The van der Waals surface area contributed by atoms with Crippen molar-refractivity contribution in [3.8, 4) is 5.75 Å². The number of carbonyl (C=O) groups is 1. The van der Waals surface area contributed by atoms with Crippen molar-refractivity contribution in [1.82, 2.24) is 9.80 Å². The number of carbonyl (C=O) groups excluding carboxylic acids is 1. The van der Waals surface area contributed by atoms with Crippen LogP contribution in [-0.4, -0.2) is 65.0 Å². The first kappa shape index (κ1) is 18.4. The number of alkyl halides is 2. The van der Waals surface area contributed by atoms with Gasteiger partial charge < -0.3 is 14.7 Å². The van der Waals surface area contributed by atoms with E-state index in [2.05, 4.69) is 0 Å². The van der Waals surface area contributed by atoms with Crippen LogP contribution in [0, 0.1) is 0 Å². The molecule has 5 nitrogen and oxygen atoms in total. The van der Waals surface area contributed by atoms with Crippen molar-refractivity contribution in [2.45, 2.75) is 42.2 Å². The second kappa shape index (κ2) is 6.74. The molecule has 2 atom stereocenters. The Kier molecular flexibility index (Phi) is 4.96. The summed E-state index contributed by atoms with van der Waals surface area (Å²) < 4.78 is 31.3. The Labute approximate surface area is 149 Å². The molecule has 1 aromatic carbocycles. The highest BCUT2D eigenvalue weighted by atomic mass is 32.2. The summed E-state index contributed by atoms with van der Waals surface area (Å²) in [5.74, 6) is -2.10. The molecular weight excluding hydrogens is 350 g/mol. The number of hydrogen-bond acceptors (Lipinski definition) is 5. The molecule has 3 rings (SSSR count). The number of piperazine rings is 1. The number of benzene rings is 1. The smallest absolute Gasteiger partial charge is 0.288 e. The Morgan fingerprint density at radius 3 is 2.72 bits per heavy atom. The van der Waals surface area contributed by atoms with Gasteiger partial charge >= 0.3 is 0 Å². The quantitative estimate of drug-likeness (QED) is 0.826. The number of thioether (sulfide) groups is 1. The van der Waals surface area contributed by atoms with E-state index < -0.39 is 23.5 Å². The van der Waals surface area contributed by atoms with E-state index in [-0.39, 0.29) is 12.5 Å². The van der Waals surface area contributed by atoms with E-state index in [1.54, 1.807) is 36.9 Å². The van der Waals surface area contributed by atoms with Gasteiger partial charge in [0.25, 0.3) is 5.76 Å². The first-order chi connectivity index (χ1) is 11.7. The Balaban J connectivity index is 2.02. The van der Waals surface area contributed by atoms with E-state index in [1.165, 1.54) is 0 Å². The third kappa shape index (κ3) is 3.61. The second-order valence-corrected chi connectivity index (χ2v) is 8.06. The van der Waals surface area contributed by atoms with Crippen LogP contribution < -0.4 is 4.74 Å². The molecule has 1 fully saturated rings. The van der Waals surface area contributed by atoms with Crippen molar-refractivity contribution in [2.24, 2.45) is 0 Å². The lowest BCUT2D eigenvalue weighted by Crippen LogP contribution is -2.58. The number of aliphatic hydroxyl groups is 1. The van der Waals surface area contributed by atoms with E-state index in [1.807, 2.05) is 11.9 Å². The van der Waals surface area contributed by atoms with Gasteiger partial charge in [0, 0.05) is 23.5 Å². The van der Waals surface area contributed by atoms with Crippen LogP contribution in [0.4, 0.5) is 8.78 Å². The Morgan fingerprint density at radius 2 is 2.08 bits per heavy atom. The SMILES string of the molecule is CN1CCN([C@H]2c3cc(SC(F)F)ccc3OC(C)(C)[C@@H]2O)C(=O)C1. The lowest BCUT2D eigenvalue weighted by molar-refractivity contribution is -0.149. The molecule has 8 heteroatoms. The van der Waals surface area contributed by atoms with Gasteiger partial charge in [-0.3, -0.25) is 9.69 Å². The Bertz CT molecular complexity index is 671. The topological polar surface area (TPSA) is 53.0 Å². The molecule has 0 aliphatic carbocycles. The van der Waals surface area contributed by atoms with E-state index in [9.17, 15) is 18.7 Å². The Hall–Kier alpha value is -1.38. The molecule has 1 aromatic rings. The molecule has 1 N–H and O–H groups in total. The number of aliphatic hydroxyl groups excluding tert-OH is 1. The number of hydrogen-bond donors (Lipinski definition) is 1. The molecule has 2 aliphatic rings. The summed E-state index contributed by atoms with van der Waals surface area (Å²) >= 11 is 0.440. The predicted octanol–water partition coefficient (Wildman–Crippen LogP) is 2.35. The fraction of sp³-hybridized carbons (Fsp3) is 0.588. The third-order valence-electron chi connectivity index (χ3n) is 4.69. The number of rotatable bonds is 3. The largest absolute Gasteiger partial charge is 0.485 e. The van der Waals surface area contributed by atoms with Gasteiger partial charge in [0.2, 0.25) is 5.91 Å². The summed E-state index contributed by atoms with van der Waals surface area (Å²) in [6.07, 6.45) is -0.959. The minimum absolute atomic E-state index is 0.0895. The van der Waals surface area contributed by atoms with E-state index in [0.717, 1.165) is 0 Å². The molecule has 0 unspecified atom stereocenters. The standard InChI is InChI=1S/C17H22F2N2O3S/c1-17(2)15(23)14(21-7-6-20(3)9-13(21)22)11-8-10(25-16(18)19)4-5-12(11)24-17/h4-5,8,14-16,23H,6-7,9H2,1-3H3/t14-,15+/m0/s1. The van der Waals surface area contributed by atoms with Gasteiger partial charge in [-0.1, -0.05) is 11.8 Å². The number of ether oxygens (including phenoxy) is 1. The van der Waals surface area contributed by atoms with Crippen LogP contribution in [-0.2, 0) is 4.79 Å². The summed E-state index contributed by atoms with van der Waals surface area (Å²) in [4.78, 5) is 16.5. The fourth-order valence-electron chi connectivity index (χ4n) is 3.36. The molecule has 0 spiro atoms. The van der Waals surface area contributed by atoms with Gasteiger partial charge in [-0.25, -0.2) is 0 Å². The lowest BCUT2D eigenvalue weighted by Gasteiger charge is -2.48. The van der Waals surface area contributed by atoms with Gasteiger partial charge in [0.15, 0.2) is 0 Å². The molecule has 0 aromatic heterocycles. The zero-order valence-corrected chi connectivity index (χ0v) is 15.2. The molecule has 138 valence electrons. The van der Waals surface area contributed by atoms with Crippen LogP contribution in [0.1, 0.15) is 25.5 Å². The van der Waals surface area contributed by atoms with E-state index in [0.29, 0.717) is 41.1 Å². The molecule has 2 aliphatic heterocycles. The predicted molar refractivity (Wildman–Crippen MR) is 91.0 cm³/mol. The van der Waals surface area contributed by atoms with E-state index >= 15 is 0 Å². The number of likely N-dealkylation sites (N-methyl/N-ethyl adjacent to an activating group) is 1. The van der Waals surface area contributed by atoms with Crippen LogP contribution in [0.25, 0.3) is 0 Å². The van der Waals surface area contributed by atoms with Gasteiger partial charge in [-0.05, 0) is 39.1 Å². The van der Waals surface area contributed by atoms with Crippen LogP contribution in [0.2, 0.25) is 0 Å². The molecule has 1 amide bonds. The molecule has 25 heavy (non-hydrogen) atoms. The molecule has 0 bridgehead atoms. The first-order valence-electron chi connectivity index (χ1n) is 8.13. The molecule has 0 saturated carbocycles. The summed E-state index contributed by atoms with van der Waals surface area (Å²) in [5.41, 5.74) is -0.311. The number of fused-ring (bicyclic) bond motifs is 1. The Morgan fingerprint density at radius 1 is 1.36 bits per heavy atom. The van der Waals surface area contributed by atoms with Crippen LogP contribution in [0.5, 0.6) is 5.75 Å². The highest BCUT2D eigenvalue weighted by molar-refractivity contribution is 7.99. The minimum atomic E-state index is -2.53. The summed E-state index contributed by atoms with van der Waals surface area (Å²) in [7, 11) is 1.87. The van der Waals surface area contributed by atoms with Crippen molar-refractivity contribution in [3.63, 3.8) is 0 Å². The van der Waals surface area contributed by atoms with Crippen molar-refractivity contribution < 1.29 is 23.4 Å². The average Bonchev–Trinajstić information content (AvgIpc) is 2.50. The van der Waals surface area contributed by atoms with Crippen molar-refractivity contribution >= 4 is 17.7 Å². The zero-order valence-electron chi connectivity index (χ0n) is 14.4. The van der Waals surface area contributed by atoms with Crippen molar-refractivity contribution in [1.29, 1.82) is 0 Å². The average molecular weight is 372 g/mol. The molecule has 0 radical (unpaired) electrons. The zero-order chi connectivity index (χ0) is 18.4. The van der Waals surface area contributed by atoms with Crippen LogP contribution in [0.3, 0.4) is 0 Å². The number of halogens is 2. The van der Waals surface area contributed by atoms with Crippen molar-refractivity contribution in [2.75, 3.05) is 26.7 Å². The maximum atomic E-state index is 12.7. The monoisotopic (exact) mass is 372 g/mol. The fourth-order valence-corrected chi connectivity index (χ4v) is 3.90. The first-order valence-corrected chi connectivity index (χ1v) is 9.01. The summed E-state index contributed by atoms with van der Waals surface area (Å²) in [5, 5.41) is 10.9. The summed E-state index contributed by atoms with van der Waals surface area (Å²) in [6.45, 7) is 4.95. The lowest BCUT2D eigenvalue weighted by atomic mass is 9.85. The van der Waals surface area contributed by atoms with Gasteiger partial charge in [-0.15, -0.1) is 0 Å². The normalized spacial score (nSPS) is 26.5. The minimum Gasteiger partial charge on any atom is -0.485 e.